The lowest BCUT2D eigenvalue weighted by Gasteiger charge is -2.23. The number of benzene rings is 2. The standard InChI is InChI=1S/C20H22ClN3O/c1-23(2)11-6-12-24-19-10-9-16(21)13-18(19)22-17(14-20(24)25)15-7-4-3-5-8-15/h3-5,7-10,13H,6,11-12,14H2,1-2H3. The van der Waals surface area contributed by atoms with Crippen LogP contribution in [0, 0.1) is 0 Å². The molecule has 0 saturated carbocycles. The van der Waals surface area contributed by atoms with Gasteiger partial charge in [-0.1, -0.05) is 41.9 Å². The Morgan fingerprint density at radius 1 is 1.16 bits per heavy atom. The second-order valence-corrected chi connectivity index (χ2v) is 6.87. The smallest absolute Gasteiger partial charge is 0.233 e. The van der Waals surface area contributed by atoms with Gasteiger partial charge in [-0.15, -0.1) is 0 Å². The number of carbonyl (C=O) groups excluding carboxylic acids is 1. The first-order valence-corrected chi connectivity index (χ1v) is 8.80. The minimum Gasteiger partial charge on any atom is -0.310 e. The molecular formula is C20H22ClN3O. The Bertz CT molecular complexity index is 787. The number of hydrogen-bond donors (Lipinski definition) is 0. The van der Waals surface area contributed by atoms with Crippen LogP contribution in [0.15, 0.2) is 53.5 Å². The van der Waals surface area contributed by atoms with Gasteiger partial charge >= 0.3 is 0 Å². The molecule has 2 aromatic carbocycles. The normalized spacial score (nSPS) is 14.3. The summed E-state index contributed by atoms with van der Waals surface area (Å²) in [6.45, 7) is 1.60. The van der Waals surface area contributed by atoms with Crippen LogP contribution in [0.5, 0.6) is 0 Å². The number of halogens is 1. The van der Waals surface area contributed by atoms with Crippen LogP contribution in [0.4, 0.5) is 11.4 Å². The summed E-state index contributed by atoms with van der Waals surface area (Å²) in [6, 6.07) is 15.4. The van der Waals surface area contributed by atoms with Crippen molar-refractivity contribution < 1.29 is 4.79 Å². The molecule has 0 radical (unpaired) electrons. The predicted octanol–water partition coefficient (Wildman–Crippen LogP) is 4.15. The summed E-state index contributed by atoms with van der Waals surface area (Å²) in [5.74, 6) is 0.0717. The van der Waals surface area contributed by atoms with Crippen molar-refractivity contribution in [1.82, 2.24) is 4.90 Å². The van der Waals surface area contributed by atoms with Gasteiger partial charge in [0.2, 0.25) is 5.91 Å². The number of amides is 1. The summed E-state index contributed by atoms with van der Waals surface area (Å²) in [6.07, 6.45) is 1.19. The zero-order valence-electron chi connectivity index (χ0n) is 14.6. The number of nitrogens with zero attached hydrogens (tertiary/aromatic N) is 3. The fourth-order valence-electron chi connectivity index (χ4n) is 2.96. The SMILES string of the molecule is CN(C)CCCN1C(=O)CC(c2ccccc2)=Nc2cc(Cl)ccc21. The van der Waals surface area contributed by atoms with E-state index in [0.29, 0.717) is 11.6 Å². The van der Waals surface area contributed by atoms with Crippen molar-refractivity contribution in [2.45, 2.75) is 12.8 Å². The third-order valence-electron chi connectivity index (χ3n) is 4.20. The number of hydrogen-bond acceptors (Lipinski definition) is 3. The first kappa shape index (κ1) is 17.6. The van der Waals surface area contributed by atoms with Crippen molar-refractivity contribution in [2.24, 2.45) is 4.99 Å². The molecule has 0 aliphatic carbocycles. The molecule has 1 aliphatic rings. The molecule has 1 heterocycles. The third kappa shape index (κ3) is 4.27. The van der Waals surface area contributed by atoms with Crippen LogP contribution in [-0.4, -0.2) is 43.7 Å². The number of anilines is 1. The second-order valence-electron chi connectivity index (χ2n) is 6.44. The maximum Gasteiger partial charge on any atom is 0.233 e. The minimum atomic E-state index is 0.0717. The summed E-state index contributed by atoms with van der Waals surface area (Å²) in [4.78, 5) is 21.7. The monoisotopic (exact) mass is 355 g/mol. The van der Waals surface area contributed by atoms with E-state index in [-0.39, 0.29) is 12.3 Å². The predicted molar refractivity (Wildman–Crippen MR) is 104 cm³/mol. The zero-order chi connectivity index (χ0) is 17.8. The molecule has 0 spiro atoms. The minimum absolute atomic E-state index is 0.0717. The molecule has 1 aliphatic heterocycles. The Balaban J connectivity index is 1.96. The van der Waals surface area contributed by atoms with Gasteiger partial charge in [0.05, 0.1) is 23.5 Å². The van der Waals surface area contributed by atoms with Crippen molar-refractivity contribution in [2.75, 3.05) is 32.1 Å². The van der Waals surface area contributed by atoms with E-state index < -0.39 is 0 Å². The lowest BCUT2D eigenvalue weighted by atomic mass is 10.1. The van der Waals surface area contributed by atoms with Crippen LogP contribution in [0.3, 0.4) is 0 Å². The second kappa shape index (κ2) is 7.81. The maximum atomic E-state index is 12.9. The Labute approximate surface area is 153 Å². The quantitative estimate of drug-likeness (QED) is 0.807. The van der Waals surface area contributed by atoms with Crippen LogP contribution in [-0.2, 0) is 4.79 Å². The van der Waals surface area contributed by atoms with Gasteiger partial charge in [-0.3, -0.25) is 9.79 Å². The lowest BCUT2D eigenvalue weighted by molar-refractivity contribution is -0.117. The van der Waals surface area contributed by atoms with Crippen LogP contribution < -0.4 is 4.90 Å². The fourth-order valence-corrected chi connectivity index (χ4v) is 3.13. The summed E-state index contributed by atoms with van der Waals surface area (Å²) in [7, 11) is 4.07. The van der Waals surface area contributed by atoms with Gasteiger partial charge in [0.25, 0.3) is 0 Å². The molecular weight excluding hydrogens is 334 g/mol. The molecule has 0 atom stereocenters. The first-order chi connectivity index (χ1) is 12.0. The maximum absolute atomic E-state index is 12.9. The Hall–Kier alpha value is -2.17. The zero-order valence-corrected chi connectivity index (χ0v) is 15.3. The summed E-state index contributed by atoms with van der Waals surface area (Å²) in [5, 5.41) is 0.623. The van der Waals surface area contributed by atoms with Gasteiger partial charge in [-0.2, -0.15) is 0 Å². The van der Waals surface area contributed by atoms with E-state index in [1.54, 1.807) is 0 Å². The molecule has 0 bridgehead atoms. The molecule has 0 saturated heterocycles. The third-order valence-corrected chi connectivity index (χ3v) is 4.43. The van der Waals surface area contributed by atoms with E-state index in [1.165, 1.54) is 0 Å². The van der Waals surface area contributed by atoms with Crippen molar-refractivity contribution in [1.29, 1.82) is 0 Å². The summed E-state index contributed by atoms with van der Waals surface area (Å²) in [5.41, 5.74) is 3.34. The number of rotatable bonds is 5. The van der Waals surface area contributed by atoms with Crippen molar-refractivity contribution in [3.8, 4) is 0 Å². The van der Waals surface area contributed by atoms with Gasteiger partial charge in [-0.25, -0.2) is 0 Å². The molecule has 1 amide bonds. The average Bonchev–Trinajstić information content (AvgIpc) is 2.72. The molecule has 0 fully saturated rings. The Kier molecular flexibility index (Phi) is 5.51. The van der Waals surface area contributed by atoms with Crippen molar-refractivity contribution >= 4 is 34.6 Å². The van der Waals surface area contributed by atoms with E-state index in [2.05, 4.69) is 4.90 Å². The van der Waals surface area contributed by atoms with E-state index >= 15 is 0 Å². The highest BCUT2D eigenvalue weighted by atomic mass is 35.5. The van der Waals surface area contributed by atoms with E-state index in [4.69, 9.17) is 16.6 Å². The number of carbonyl (C=O) groups is 1. The van der Waals surface area contributed by atoms with Gasteiger partial charge in [0, 0.05) is 11.6 Å². The molecule has 0 unspecified atom stereocenters. The van der Waals surface area contributed by atoms with Crippen LogP contribution in [0.2, 0.25) is 5.02 Å². The fraction of sp³-hybridized carbons (Fsp3) is 0.300. The van der Waals surface area contributed by atoms with Crippen molar-refractivity contribution in [3.63, 3.8) is 0 Å². The Morgan fingerprint density at radius 3 is 2.64 bits per heavy atom. The van der Waals surface area contributed by atoms with Crippen LogP contribution >= 0.6 is 11.6 Å². The molecule has 130 valence electrons. The van der Waals surface area contributed by atoms with Gasteiger partial charge < -0.3 is 9.80 Å². The Morgan fingerprint density at radius 2 is 1.92 bits per heavy atom. The molecule has 3 rings (SSSR count). The van der Waals surface area contributed by atoms with Crippen LogP contribution in [0.25, 0.3) is 0 Å². The average molecular weight is 356 g/mol. The summed E-state index contributed by atoms with van der Waals surface area (Å²) >= 11 is 6.17. The van der Waals surface area contributed by atoms with Crippen LogP contribution in [0.1, 0.15) is 18.4 Å². The largest absolute Gasteiger partial charge is 0.310 e. The lowest BCUT2D eigenvalue weighted by Crippen LogP contribution is -2.33. The number of fused-ring (bicyclic) bond motifs is 1. The van der Waals surface area contributed by atoms with E-state index in [9.17, 15) is 4.79 Å². The van der Waals surface area contributed by atoms with E-state index in [1.807, 2.05) is 67.5 Å². The number of aliphatic imine (C=N–C) groups is 1. The summed E-state index contributed by atoms with van der Waals surface area (Å²) < 4.78 is 0. The molecule has 0 N–H and O–H groups in total. The highest BCUT2D eigenvalue weighted by Crippen LogP contribution is 2.35. The van der Waals surface area contributed by atoms with Gasteiger partial charge in [-0.05, 0) is 50.8 Å². The van der Waals surface area contributed by atoms with Crippen molar-refractivity contribution in [3.05, 3.63) is 59.1 Å². The van der Waals surface area contributed by atoms with Gasteiger partial charge in [0.1, 0.15) is 0 Å². The first-order valence-electron chi connectivity index (χ1n) is 8.42. The molecule has 2 aromatic rings. The van der Waals surface area contributed by atoms with Gasteiger partial charge in [0.15, 0.2) is 0 Å². The molecule has 5 heteroatoms. The highest BCUT2D eigenvalue weighted by Gasteiger charge is 2.24. The highest BCUT2D eigenvalue weighted by molar-refractivity contribution is 6.31. The topological polar surface area (TPSA) is 35.9 Å². The molecule has 0 aromatic heterocycles. The molecule has 4 nitrogen and oxygen atoms in total. The van der Waals surface area contributed by atoms with E-state index in [0.717, 1.165) is 35.6 Å². The molecule has 25 heavy (non-hydrogen) atoms.